The second-order valence-corrected chi connectivity index (χ2v) is 2.80. The number of anilines is 1. The molecule has 2 N–H and O–H groups in total. The predicted molar refractivity (Wildman–Crippen MR) is 48.1 cm³/mol. The fourth-order valence-corrected chi connectivity index (χ4v) is 0.972. The lowest BCUT2D eigenvalue weighted by molar-refractivity contribution is -0.167. The topological polar surface area (TPSA) is 66.4 Å². The van der Waals surface area contributed by atoms with Crippen LogP contribution in [0.15, 0.2) is 24.3 Å². The Hall–Kier alpha value is -2.05. The van der Waals surface area contributed by atoms with Gasteiger partial charge >= 0.3 is 18.1 Å². The number of carboxylic acids is 1. The minimum Gasteiger partial charge on any atom is -0.478 e. The van der Waals surface area contributed by atoms with E-state index in [1.165, 1.54) is 17.4 Å². The number of carbonyl (C=O) groups excluding carboxylic acids is 1. The summed E-state index contributed by atoms with van der Waals surface area (Å²) in [4.78, 5) is 21.2. The molecule has 86 valence electrons. The van der Waals surface area contributed by atoms with Crippen molar-refractivity contribution in [2.45, 2.75) is 6.18 Å². The van der Waals surface area contributed by atoms with Crippen molar-refractivity contribution in [3.63, 3.8) is 0 Å². The van der Waals surface area contributed by atoms with E-state index in [0.717, 1.165) is 12.1 Å². The van der Waals surface area contributed by atoms with Crippen molar-refractivity contribution in [1.29, 1.82) is 0 Å². The lowest BCUT2D eigenvalue weighted by Gasteiger charge is -2.09. The second-order valence-electron chi connectivity index (χ2n) is 2.80. The van der Waals surface area contributed by atoms with Crippen LogP contribution < -0.4 is 5.32 Å². The summed E-state index contributed by atoms with van der Waals surface area (Å²) in [6.45, 7) is 0. The van der Waals surface area contributed by atoms with Gasteiger partial charge in [-0.05, 0) is 12.1 Å². The Bertz CT molecular complexity index is 428. The van der Waals surface area contributed by atoms with E-state index in [-0.39, 0.29) is 0 Å². The van der Waals surface area contributed by atoms with Crippen LogP contribution in [-0.4, -0.2) is 23.2 Å². The first-order chi connectivity index (χ1) is 7.32. The van der Waals surface area contributed by atoms with Crippen LogP contribution in [0.3, 0.4) is 0 Å². The van der Waals surface area contributed by atoms with Crippen LogP contribution in [0.1, 0.15) is 10.4 Å². The van der Waals surface area contributed by atoms with Crippen LogP contribution in [-0.2, 0) is 4.79 Å². The number of carboxylic acid groups (broad SMARTS) is 1. The lowest BCUT2D eigenvalue weighted by Crippen LogP contribution is -2.30. The van der Waals surface area contributed by atoms with E-state index in [0.29, 0.717) is 0 Å². The third kappa shape index (κ3) is 2.72. The van der Waals surface area contributed by atoms with Crippen LogP contribution in [0.25, 0.3) is 0 Å². The zero-order valence-corrected chi connectivity index (χ0v) is 7.71. The number of nitrogens with one attached hydrogen (secondary N) is 1. The molecule has 1 aromatic carbocycles. The van der Waals surface area contributed by atoms with Crippen molar-refractivity contribution >= 4 is 17.6 Å². The van der Waals surface area contributed by atoms with E-state index in [2.05, 4.69) is 0 Å². The largest absolute Gasteiger partial charge is 0.478 e. The van der Waals surface area contributed by atoms with Gasteiger partial charge in [0.05, 0.1) is 11.3 Å². The molecule has 0 unspecified atom stereocenters. The molecule has 1 aromatic rings. The highest BCUT2D eigenvalue weighted by molar-refractivity contribution is 6.02. The molecule has 4 nitrogen and oxygen atoms in total. The lowest BCUT2D eigenvalue weighted by atomic mass is 10.2. The number of carbonyl (C=O) groups is 2. The number of para-hydroxylation sites is 1. The number of aromatic carboxylic acids is 1. The van der Waals surface area contributed by atoms with Gasteiger partial charge in [-0.1, -0.05) is 12.1 Å². The first kappa shape index (κ1) is 12.0. The molecule has 0 aliphatic rings. The van der Waals surface area contributed by atoms with Gasteiger partial charge in [0, 0.05) is 0 Å². The van der Waals surface area contributed by atoms with Gasteiger partial charge in [0.1, 0.15) is 0 Å². The molecular formula is C9H6F3NO3. The normalized spacial score (nSPS) is 10.9. The van der Waals surface area contributed by atoms with Gasteiger partial charge in [0.25, 0.3) is 0 Å². The van der Waals surface area contributed by atoms with E-state index in [1.54, 1.807) is 0 Å². The number of benzene rings is 1. The van der Waals surface area contributed by atoms with Gasteiger partial charge in [0.15, 0.2) is 0 Å². The smallest absolute Gasteiger partial charge is 0.471 e. The molecule has 1 rings (SSSR count). The molecule has 0 radical (unpaired) electrons. The number of alkyl halides is 3. The molecule has 0 aromatic heterocycles. The van der Waals surface area contributed by atoms with E-state index in [1.807, 2.05) is 0 Å². The maximum absolute atomic E-state index is 11.9. The summed E-state index contributed by atoms with van der Waals surface area (Å²) in [5.41, 5.74) is -0.794. The quantitative estimate of drug-likeness (QED) is 0.819. The third-order valence-corrected chi connectivity index (χ3v) is 1.66. The number of amides is 1. The predicted octanol–water partition coefficient (Wildman–Crippen LogP) is 1.89. The van der Waals surface area contributed by atoms with Crippen LogP contribution in [0.4, 0.5) is 18.9 Å². The molecule has 0 bridgehead atoms. The Kier molecular flexibility index (Phi) is 3.17. The fourth-order valence-electron chi connectivity index (χ4n) is 0.972. The molecule has 0 aliphatic heterocycles. The Balaban J connectivity index is 2.98. The van der Waals surface area contributed by atoms with E-state index in [4.69, 9.17) is 5.11 Å². The van der Waals surface area contributed by atoms with Gasteiger partial charge < -0.3 is 10.4 Å². The minimum absolute atomic E-state index is 0.391. The van der Waals surface area contributed by atoms with Crippen LogP contribution in [0.2, 0.25) is 0 Å². The maximum atomic E-state index is 11.9. The first-order valence-electron chi connectivity index (χ1n) is 4.03. The van der Waals surface area contributed by atoms with Gasteiger partial charge in [0.2, 0.25) is 0 Å². The molecule has 0 atom stereocenters. The molecule has 0 aliphatic carbocycles. The standard InChI is InChI=1S/C9H6F3NO3/c10-9(11,12)8(16)13-6-4-2-1-3-5(6)7(14)15/h1-4H,(H,13,16)(H,14,15). The molecule has 0 heterocycles. The summed E-state index contributed by atoms with van der Waals surface area (Å²) >= 11 is 0. The van der Waals surface area contributed by atoms with Crippen molar-refractivity contribution < 1.29 is 27.9 Å². The fraction of sp³-hybridized carbons (Fsp3) is 0.111. The molecule has 7 heteroatoms. The second kappa shape index (κ2) is 4.21. The number of halogens is 3. The van der Waals surface area contributed by atoms with Gasteiger partial charge in [-0.3, -0.25) is 4.79 Å². The number of rotatable bonds is 2. The van der Waals surface area contributed by atoms with E-state index in [9.17, 15) is 22.8 Å². The molecule has 16 heavy (non-hydrogen) atoms. The molecule has 0 saturated carbocycles. The molecule has 0 fully saturated rings. The van der Waals surface area contributed by atoms with Crippen LogP contribution in [0.5, 0.6) is 0 Å². The first-order valence-corrected chi connectivity index (χ1v) is 4.03. The van der Waals surface area contributed by atoms with Crippen LogP contribution in [0, 0.1) is 0 Å². The summed E-state index contributed by atoms with van der Waals surface area (Å²) in [5, 5.41) is 10.1. The highest BCUT2D eigenvalue weighted by Crippen LogP contribution is 2.20. The van der Waals surface area contributed by atoms with Crippen molar-refractivity contribution in [2.75, 3.05) is 5.32 Å². The average Bonchev–Trinajstić information content (AvgIpc) is 2.16. The van der Waals surface area contributed by atoms with Crippen molar-refractivity contribution in [2.24, 2.45) is 0 Å². The highest BCUT2D eigenvalue weighted by atomic mass is 19.4. The Labute approximate surface area is 87.7 Å². The van der Waals surface area contributed by atoms with Crippen molar-refractivity contribution in [1.82, 2.24) is 0 Å². The summed E-state index contributed by atoms with van der Waals surface area (Å²) in [5.74, 6) is -3.63. The van der Waals surface area contributed by atoms with Gasteiger partial charge in [-0.15, -0.1) is 0 Å². The van der Waals surface area contributed by atoms with Gasteiger partial charge in [-0.2, -0.15) is 13.2 Å². The molecule has 1 amide bonds. The van der Waals surface area contributed by atoms with E-state index >= 15 is 0 Å². The third-order valence-electron chi connectivity index (χ3n) is 1.66. The zero-order chi connectivity index (χ0) is 12.3. The summed E-state index contributed by atoms with van der Waals surface area (Å²) in [7, 11) is 0. The van der Waals surface area contributed by atoms with Crippen molar-refractivity contribution in [3.8, 4) is 0 Å². The van der Waals surface area contributed by atoms with Gasteiger partial charge in [-0.25, -0.2) is 4.79 Å². The number of hydrogen-bond donors (Lipinski definition) is 2. The minimum atomic E-state index is -5.05. The highest BCUT2D eigenvalue weighted by Gasteiger charge is 2.39. The maximum Gasteiger partial charge on any atom is 0.471 e. The summed E-state index contributed by atoms with van der Waals surface area (Å²) in [6.07, 6.45) is -5.05. The Morgan fingerprint density at radius 1 is 1.19 bits per heavy atom. The SMILES string of the molecule is O=C(O)c1ccccc1NC(=O)C(F)(F)F. The average molecular weight is 233 g/mol. The Morgan fingerprint density at radius 3 is 2.25 bits per heavy atom. The Morgan fingerprint density at radius 2 is 1.75 bits per heavy atom. The van der Waals surface area contributed by atoms with Crippen molar-refractivity contribution in [3.05, 3.63) is 29.8 Å². The number of hydrogen-bond acceptors (Lipinski definition) is 2. The molecular weight excluding hydrogens is 227 g/mol. The molecule has 0 spiro atoms. The van der Waals surface area contributed by atoms with E-state index < -0.39 is 29.3 Å². The molecule has 0 saturated heterocycles. The van der Waals surface area contributed by atoms with Crippen LogP contribution >= 0.6 is 0 Å². The monoisotopic (exact) mass is 233 g/mol. The summed E-state index contributed by atoms with van der Waals surface area (Å²) in [6, 6.07) is 4.83. The summed E-state index contributed by atoms with van der Waals surface area (Å²) < 4.78 is 35.7. The zero-order valence-electron chi connectivity index (χ0n) is 7.71.